The lowest BCUT2D eigenvalue weighted by molar-refractivity contribution is 0.0634. The lowest BCUT2D eigenvalue weighted by atomic mass is 10.3. The number of hydrogen-bond donors (Lipinski definition) is 0. The van der Waals surface area contributed by atoms with Gasteiger partial charge in [-0.2, -0.15) is 0 Å². The van der Waals surface area contributed by atoms with Crippen molar-refractivity contribution in [2.75, 3.05) is 92.8 Å². The van der Waals surface area contributed by atoms with Gasteiger partial charge in [0, 0.05) is 39.3 Å². The van der Waals surface area contributed by atoms with Crippen LogP contribution in [-0.2, 0) is 4.74 Å². The molecule has 2 bridgehead atoms. The zero-order valence-electron chi connectivity index (χ0n) is 14.1. The second-order valence-electron chi connectivity index (χ2n) is 6.61. The molecule has 2 rings (SSSR count). The third-order valence-corrected chi connectivity index (χ3v) is 4.73. The fraction of sp³-hybridized carbons (Fsp3) is 1.00. The van der Waals surface area contributed by atoms with Crippen molar-refractivity contribution in [1.82, 2.24) is 19.6 Å². The van der Waals surface area contributed by atoms with Gasteiger partial charge in [-0.15, -0.1) is 0 Å². The predicted octanol–water partition coefficient (Wildman–Crippen LogP) is 0.278. The van der Waals surface area contributed by atoms with Crippen molar-refractivity contribution in [3.63, 3.8) is 0 Å². The van der Waals surface area contributed by atoms with E-state index >= 15 is 0 Å². The molecule has 5 heteroatoms. The van der Waals surface area contributed by atoms with E-state index in [0.717, 1.165) is 26.3 Å². The van der Waals surface area contributed by atoms with Gasteiger partial charge in [-0.1, -0.05) is 0 Å². The van der Waals surface area contributed by atoms with Crippen LogP contribution in [0.2, 0.25) is 0 Å². The number of hydrogen-bond acceptors (Lipinski definition) is 5. The van der Waals surface area contributed by atoms with E-state index in [1.54, 1.807) is 0 Å². The van der Waals surface area contributed by atoms with Gasteiger partial charge in [-0.3, -0.25) is 9.80 Å². The van der Waals surface area contributed by atoms with Crippen LogP contribution < -0.4 is 0 Å². The second-order valence-corrected chi connectivity index (χ2v) is 6.61. The Morgan fingerprint density at radius 3 is 1.52 bits per heavy atom. The molecule has 0 aromatic heterocycles. The van der Waals surface area contributed by atoms with Crippen LogP contribution in [0.15, 0.2) is 0 Å². The Labute approximate surface area is 130 Å². The average molecular weight is 298 g/mol. The third-order valence-electron chi connectivity index (χ3n) is 4.73. The average Bonchev–Trinajstić information content (AvgIpc) is 2.48. The van der Waals surface area contributed by atoms with E-state index in [-0.39, 0.29) is 0 Å². The molecule has 2 aliphatic rings. The summed E-state index contributed by atoms with van der Waals surface area (Å²) in [5.41, 5.74) is 0. The molecule has 0 saturated carbocycles. The van der Waals surface area contributed by atoms with Crippen LogP contribution in [0.4, 0.5) is 0 Å². The molecule has 2 fully saturated rings. The lowest BCUT2D eigenvalue weighted by Gasteiger charge is -2.31. The standard InChI is InChI=1S/C16H34N4O/c1-17-5-3-6-18(2)10-12-20-8-4-7-19(11-9-17)13-15-21-16-14-20/h3-16H2,1-2H3. The largest absolute Gasteiger partial charge is 0.379 e. The topological polar surface area (TPSA) is 22.2 Å². The Bertz CT molecular complexity index is 253. The van der Waals surface area contributed by atoms with Gasteiger partial charge in [0.15, 0.2) is 0 Å². The van der Waals surface area contributed by atoms with E-state index in [2.05, 4.69) is 33.7 Å². The SMILES string of the molecule is CN1CCCN(C)CCN2CCCN(CCOCC2)CC1. The van der Waals surface area contributed by atoms with Gasteiger partial charge in [0.1, 0.15) is 0 Å². The normalized spacial score (nSPS) is 32.9. The minimum absolute atomic E-state index is 0.886. The molecule has 2 aliphatic heterocycles. The molecule has 0 aromatic carbocycles. The highest BCUT2D eigenvalue weighted by Gasteiger charge is 2.13. The van der Waals surface area contributed by atoms with Crippen molar-refractivity contribution < 1.29 is 4.74 Å². The maximum absolute atomic E-state index is 5.81. The molecular formula is C16H34N4O. The number of nitrogens with zero attached hydrogens (tertiary/aromatic N) is 4. The van der Waals surface area contributed by atoms with E-state index in [9.17, 15) is 0 Å². The highest BCUT2D eigenvalue weighted by Crippen LogP contribution is 2.02. The van der Waals surface area contributed by atoms with E-state index in [1.807, 2.05) is 0 Å². The number of fused-ring (bicyclic) bond motifs is 4. The Kier molecular flexibility index (Phi) is 7.96. The summed E-state index contributed by atoms with van der Waals surface area (Å²) in [6, 6.07) is 0. The summed E-state index contributed by atoms with van der Waals surface area (Å²) < 4.78 is 5.81. The molecule has 0 spiro atoms. The molecule has 21 heavy (non-hydrogen) atoms. The summed E-state index contributed by atoms with van der Waals surface area (Å²) in [5.74, 6) is 0. The van der Waals surface area contributed by atoms with Crippen molar-refractivity contribution >= 4 is 0 Å². The summed E-state index contributed by atoms with van der Waals surface area (Å²) in [5, 5.41) is 0. The van der Waals surface area contributed by atoms with E-state index < -0.39 is 0 Å². The highest BCUT2D eigenvalue weighted by molar-refractivity contribution is 4.68. The monoisotopic (exact) mass is 298 g/mol. The van der Waals surface area contributed by atoms with Crippen molar-refractivity contribution in [2.45, 2.75) is 12.8 Å². The maximum Gasteiger partial charge on any atom is 0.0594 e. The summed E-state index contributed by atoms with van der Waals surface area (Å²) in [6.45, 7) is 13.5. The Hall–Kier alpha value is -0.200. The second kappa shape index (κ2) is 9.74. The summed E-state index contributed by atoms with van der Waals surface area (Å²) >= 11 is 0. The van der Waals surface area contributed by atoms with Crippen LogP contribution >= 0.6 is 0 Å². The summed E-state index contributed by atoms with van der Waals surface area (Å²) in [7, 11) is 4.51. The lowest BCUT2D eigenvalue weighted by Crippen LogP contribution is -2.42. The fourth-order valence-corrected chi connectivity index (χ4v) is 3.14. The first-order valence-electron chi connectivity index (χ1n) is 8.63. The van der Waals surface area contributed by atoms with Crippen LogP contribution in [0.1, 0.15) is 12.8 Å². The van der Waals surface area contributed by atoms with Gasteiger partial charge in [-0.25, -0.2) is 0 Å². The summed E-state index contributed by atoms with van der Waals surface area (Å²) in [6.07, 6.45) is 2.56. The minimum atomic E-state index is 0.886. The van der Waals surface area contributed by atoms with Crippen molar-refractivity contribution in [3.8, 4) is 0 Å². The molecule has 0 radical (unpaired) electrons. The van der Waals surface area contributed by atoms with Crippen molar-refractivity contribution in [3.05, 3.63) is 0 Å². The molecule has 0 aromatic rings. The first kappa shape index (κ1) is 17.2. The van der Waals surface area contributed by atoms with Gasteiger partial charge < -0.3 is 14.5 Å². The number of rotatable bonds is 0. The maximum atomic E-state index is 5.81. The van der Waals surface area contributed by atoms with Crippen molar-refractivity contribution in [1.29, 1.82) is 0 Å². The van der Waals surface area contributed by atoms with E-state index in [0.29, 0.717) is 0 Å². The van der Waals surface area contributed by atoms with Gasteiger partial charge >= 0.3 is 0 Å². The van der Waals surface area contributed by atoms with Crippen LogP contribution in [0.25, 0.3) is 0 Å². The molecule has 124 valence electrons. The van der Waals surface area contributed by atoms with Gasteiger partial charge in [-0.05, 0) is 53.1 Å². The molecule has 5 nitrogen and oxygen atoms in total. The van der Waals surface area contributed by atoms with Gasteiger partial charge in [0.2, 0.25) is 0 Å². The van der Waals surface area contributed by atoms with Crippen LogP contribution in [0.3, 0.4) is 0 Å². The smallest absolute Gasteiger partial charge is 0.0594 e. The Morgan fingerprint density at radius 1 is 0.524 bits per heavy atom. The van der Waals surface area contributed by atoms with Gasteiger partial charge in [0.25, 0.3) is 0 Å². The molecule has 2 heterocycles. The molecule has 0 amide bonds. The summed E-state index contributed by atoms with van der Waals surface area (Å²) in [4.78, 5) is 10.1. The Morgan fingerprint density at radius 2 is 1.00 bits per heavy atom. The quantitative estimate of drug-likeness (QED) is 0.639. The van der Waals surface area contributed by atoms with Crippen LogP contribution in [-0.4, -0.2) is 112 Å². The number of likely N-dealkylation sites (N-methyl/N-ethyl adjacent to an activating group) is 2. The molecular weight excluding hydrogens is 264 g/mol. The fourth-order valence-electron chi connectivity index (χ4n) is 3.14. The van der Waals surface area contributed by atoms with E-state index in [1.165, 1.54) is 65.2 Å². The zero-order chi connectivity index (χ0) is 14.9. The number of ether oxygens (including phenoxy) is 1. The Balaban J connectivity index is 1.92. The highest BCUT2D eigenvalue weighted by atomic mass is 16.5. The van der Waals surface area contributed by atoms with E-state index in [4.69, 9.17) is 4.74 Å². The molecule has 2 atom stereocenters. The first-order valence-corrected chi connectivity index (χ1v) is 8.63. The predicted molar refractivity (Wildman–Crippen MR) is 87.9 cm³/mol. The molecule has 0 aliphatic carbocycles. The molecule has 0 N–H and O–H groups in total. The van der Waals surface area contributed by atoms with Crippen LogP contribution in [0, 0.1) is 0 Å². The van der Waals surface area contributed by atoms with Crippen molar-refractivity contribution in [2.24, 2.45) is 0 Å². The van der Waals surface area contributed by atoms with Crippen LogP contribution in [0.5, 0.6) is 0 Å². The van der Waals surface area contributed by atoms with Gasteiger partial charge in [0.05, 0.1) is 13.2 Å². The molecule has 2 unspecified atom stereocenters. The first-order chi connectivity index (χ1) is 10.2. The molecule has 2 saturated heterocycles. The zero-order valence-corrected chi connectivity index (χ0v) is 14.1. The third kappa shape index (κ3) is 7.06. The minimum Gasteiger partial charge on any atom is -0.379 e.